The molecule has 0 spiro atoms. The van der Waals surface area contributed by atoms with E-state index in [1.807, 2.05) is 7.05 Å². The number of nitrogens with one attached hydrogen (secondary N) is 1. The van der Waals surface area contributed by atoms with Crippen molar-refractivity contribution in [2.75, 3.05) is 33.6 Å². The molecule has 1 saturated heterocycles. The highest BCUT2D eigenvalue weighted by Crippen LogP contribution is 2.40. The lowest BCUT2D eigenvalue weighted by Gasteiger charge is -2.23. The van der Waals surface area contributed by atoms with Gasteiger partial charge in [-0.1, -0.05) is 24.3 Å². The third-order valence-corrected chi connectivity index (χ3v) is 5.59. The van der Waals surface area contributed by atoms with Crippen LogP contribution in [0.25, 0.3) is 11.1 Å². The molecule has 1 fully saturated rings. The van der Waals surface area contributed by atoms with Crippen LogP contribution in [0.5, 0.6) is 11.5 Å². The Morgan fingerprint density at radius 2 is 1.86 bits per heavy atom. The zero-order valence-corrected chi connectivity index (χ0v) is 17.2. The topological polar surface area (TPSA) is 49.0 Å². The Bertz CT molecular complexity index is 801. The van der Waals surface area contributed by atoms with Crippen LogP contribution in [-0.4, -0.2) is 39.9 Å². The Hall–Kier alpha value is -2.08. The van der Waals surface area contributed by atoms with Crippen molar-refractivity contribution in [1.82, 2.24) is 5.32 Å². The van der Waals surface area contributed by atoms with E-state index in [2.05, 4.69) is 41.7 Å². The van der Waals surface area contributed by atoms with Crippen LogP contribution in [-0.2, 0) is 22.3 Å². The molecule has 5 nitrogen and oxygen atoms in total. The van der Waals surface area contributed by atoms with E-state index in [9.17, 15) is 0 Å². The minimum Gasteiger partial charge on any atom is -0.454 e. The number of benzene rings is 2. The third kappa shape index (κ3) is 5.10. The van der Waals surface area contributed by atoms with Crippen LogP contribution < -0.4 is 14.8 Å². The first-order chi connectivity index (χ1) is 14.3. The quantitative estimate of drug-likeness (QED) is 0.639. The Kier molecular flexibility index (Phi) is 7.04. The maximum atomic E-state index is 5.99. The molecule has 156 valence electrons. The molecule has 0 radical (unpaired) electrons. The van der Waals surface area contributed by atoms with E-state index >= 15 is 0 Å². The highest BCUT2D eigenvalue weighted by atomic mass is 16.7. The second-order valence-corrected chi connectivity index (χ2v) is 7.64. The summed E-state index contributed by atoms with van der Waals surface area (Å²) >= 11 is 0. The van der Waals surface area contributed by atoms with Crippen molar-refractivity contribution in [2.45, 2.75) is 44.8 Å². The molecule has 0 bridgehead atoms. The summed E-state index contributed by atoms with van der Waals surface area (Å²) in [6, 6.07) is 12.9. The third-order valence-electron chi connectivity index (χ3n) is 5.59. The van der Waals surface area contributed by atoms with Gasteiger partial charge < -0.3 is 24.3 Å². The van der Waals surface area contributed by atoms with Gasteiger partial charge in [-0.15, -0.1) is 0 Å². The molecule has 1 atom stereocenters. The summed E-state index contributed by atoms with van der Waals surface area (Å²) in [5.74, 6) is 1.68. The standard InChI is InChI=1S/C24H31NO4/c1-25-12-6-8-19-15-22-23(29-17-28-22)16-21(19)20-9-3-2-7-18(20)11-14-27-24-10-4-5-13-26-24/h2-3,7,9,15-16,24-25H,4-6,8,10-14,17H2,1H3. The molecule has 5 heteroatoms. The first kappa shape index (κ1) is 20.2. The van der Waals surface area contributed by atoms with Gasteiger partial charge in [-0.05, 0) is 86.5 Å². The molecule has 2 aliphatic heterocycles. The maximum absolute atomic E-state index is 5.99. The largest absolute Gasteiger partial charge is 0.454 e. The van der Waals surface area contributed by atoms with Gasteiger partial charge in [0.15, 0.2) is 17.8 Å². The van der Waals surface area contributed by atoms with Crippen LogP contribution in [0, 0.1) is 0 Å². The Morgan fingerprint density at radius 1 is 1.00 bits per heavy atom. The molecule has 0 aromatic heterocycles. The number of ether oxygens (including phenoxy) is 4. The minimum absolute atomic E-state index is 0.0430. The van der Waals surface area contributed by atoms with Crippen LogP contribution in [0.3, 0.4) is 0 Å². The predicted octanol–water partition coefficient (Wildman–Crippen LogP) is 4.32. The van der Waals surface area contributed by atoms with Crippen LogP contribution in [0.15, 0.2) is 36.4 Å². The van der Waals surface area contributed by atoms with Gasteiger partial charge in [0.25, 0.3) is 0 Å². The van der Waals surface area contributed by atoms with Crippen molar-refractivity contribution in [3.05, 3.63) is 47.5 Å². The van der Waals surface area contributed by atoms with Crippen molar-refractivity contribution in [3.63, 3.8) is 0 Å². The summed E-state index contributed by atoms with van der Waals surface area (Å²) in [6.07, 6.45) is 6.22. The molecular formula is C24H31NO4. The smallest absolute Gasteiger partial charge is 0.231 e. The molecule has 4 rings (SSSR count). The highest BCUT2D eigenvalue weighted by molar-refractivity contribution is 5.74. The number of hydrogen-bond acceptors (Lipinski definition) is 5. The van der Waals surface area contributed by atoms with Gasteiger partial charge in [-0.3, -0.25) is 0 Å². The van der Waals surface area contributed by atoms with Gasteiger partial charge in [0.05, 0.1) is 6.61 Å². The fourth-order valence-electron chi connectivity index (χ4n) is 4.04. The molecule has 0 aliphatic carbocycles. The van der Waals surface area contributed by atoms with Crippen LogP contribution in [0.4, 0.5) is 0 Å². The van der Waals surface area contributed by atoms with Crippen LogP contribution >= 0.6 is 0 Å². The average molecular weight is 398 g/mol. The Morgan fingerprint density at radius 3 is 2.69 bits per heavy atom. The van der Waals surface area contributed by atoms with E-state index in [1.165, 1.54) is 28.7 Å². The molecule has 2 aliphatic rings. The molecular weight excluding hydrogens is 366 g/mol. The van der Waals surface area contributed by atoms with Crippen molar-refractivity contribution in [2.24, 2.45) is 0 Å². The summed E-state index contributed by atoms with van der Waals surface area (Å²) in [5.41, 5.74) is 5.07. The van der Waals surface area contributed by atoms with Crippen molar-refractivity contribution >= 4 is 0 Å². The van der Waals surface area contributed by atoms with Gasteiger partial charge in [-0.25, -0.2) is 0 Å². The summed E-state index contributed by atoms with van der Waals surface area (Å²) in [7, 11) is 1.99. The van der Waals surface area contributed by atoms with E-state index in [4.69, 9.17) is 18.9 Å². The van der Waals surface area contributed by atoms with Gasteiger partial charge in [0.2, 0.25) is 6.79 Å². The van der Waals surface area contributed by atoms with Crippen molar-refractivity contribution < 1.29 is 18.9 Å². The molecule has 0 saturated carbocycles. The van der Waals surface area contributed by atoms with Crippen molar-refractivity contribution in [3.8, 4) is 22.6 Å². The number of hydrogen-bond donors (Lipinski definition) is 1. The predicted molar refractivity (Wildman–Crippen MR) is 113 cm³/mol. The number of rotatable bonds is 9. The highest BCUT2D eigenvalue weighted by Gasteiger charge is 2.20. The SMILES string of the molecule is CNCCCc1cc2c(cc1-c1ccccc1CCOC1CCCCO1)OCO2. The molecule has 1 unspecified atom stereocenters. The zero-order chi connectivity index (χ0) is 19.9. The fourth-order valence-corrected chi connectivity index (χ4v) is 4.04. The Labute approximate surface area is 173 Å². The van der Waals surface area contributed by atoms with E-state index in [0.29, 0.717) is 13.4 Å². The van der Waals surface area contributed by atoms with Crippen molar-refractivity contribution in [1.29, 1.82) is 0 Å². The van der Waals surface area contributed by atoms with E-state index in [-0.39, 0.29) is 6.29 Å². The molecule has 29 heavy (non-hydrogen) atoms. The summed E-state index contributed by atoms with van der Waals surface area (Å²) in [6.45, 7) is 2.77. The average Bonchev–Trinajstić information content (AvgIpc) is 3.22. The number of aryl methyl sites for hydroxylation is 1. The fraction of sp³-hybridized carbons (Fsp3) is 0.500. The summed E-state index contributed by atoms with van der Waals surface area (Å²) < 4.78 is 23.0. The molecule has 2 aromatic rings. The second kappa shape index (κ2) is 10.1. The first-order valence-electron chi connectivity index (χ1n) is 10.7. The summed E-state index contributed by atoms with van der Waals surface area (Å²) in [5, 5.41) is 3.24. The summed E-state index contributed by atoms with van der Waals surface area (Å²) in [4.78, 5) is 0. The maximum Gasteiger partial charge on any atom is 0.231 e. The van der Waals surface area contributed by atoms with Gasteiger partial charge >= 0.3 is 0 Å². The van der Waals surface area contributed by atoms with Crippen LogP contribution in [0.2, 0.25) is 0 Å². The minimum atomic E-state index is -0.0430. The van der Waals surface area contributed by atoms with E-state index < -0.39 is 0 Å². The molecule has 2 aromatic carbocycles. The lowest BCUT2D eigenvalue weighted by Crippen LogP contribution is -2.23. The van der Waals surface area contributed by atoms with E-state index in [1.54, 1.807) is 0 Å². The lowest BCUT2D eigenvalue weighted by atomic mass is 9.91. The van der Waals surface area contributed by atoms with E-state index in [0.717, 1.165) is 56.8 Å². The monoisotopic (exact) mass is 397 g/mol. The normalized spacial score (nSPS) is 18.2. The first-order valence-corrected chi connectivity index (χ1v) is 10.7. The van der Waals surface area contributed by atoms with Gasteiger partial charge in [0, 0.05) is 6.61 Å². The van der Waals surface area contributed by atoms with Gasteiger partial charge in [-0.2, -0.15) is 0 Å². The van der Waals surface area contributed by atoms with Gasteiger partial charge in [0.1, 0.15) is 0 Å². The molecule has 2 heterocycles. The zero-order valence-electron chi connectivity index (χ0n) is 17.2. The second-order valence-electron chi connectivity index (χ2n) is 7.64. The van der Waals surface area contributed by atoms with Crippen LogP contribution in [0.1, 0.15) is 36.8 Å². The lowest BCUT2D eigenvalue weighted by molar-refractivity contribution is -0.161. The Balaban J connectivity index is 1.54. The molecule has 1 N–H and O–H groups in total. The molecule has 0 amide bonds. The number of fused-ring (bicyclic) bond motifs is 1.